The van der Waals surface area contributed by atoms with Gasteiger partial charge in [-0.05, 0) is 37.0 Å². The third-order valence-corrected chi connectivity index (χ3v) is 4.66. The summed E-state index contributed by atoms with van der Waals surface area (Å²) in [6.07, 6.45) is 0.814. The monoisotopic (exact) mass is 323 g/mol. The van der Waals surface area contributed by atoms with Crippen molar-refractivity contribution in [2.24, 2.45) is 5.73 Å². The molecule has 0 aromatic heterocycles. The highest BCUT2D eigenvalue weighted by molar-refractivity contribution is 6.46. The molecule has 0 spiro atoms. The molecule has 1 aliphatic rings. The van der Waals surface area contributed by atoms with Crippen LogP contribution in [0.4, 0.5) is 0 Å². The maximum absolute atomic E-state index is 12.5. The maximum Gasteiger partial charge on any atom is 0.526 e. The van der Waals surface area contributed by atoms with E-state index in [2.05, 4.69) is 0 Å². The van der Waals surface area contributed by atoms with Crippen molar-refractivity contribution in [2.75, 3.05) is 0 Å². The van der Waals surface area contributed by atoms with E-state index in [0.717, 1.165) is 28.0 Å². The largest absolute Gasteiger partial charge is 0.536 e. The van der Waals surface area contributed by atoms with Crippen molar-refractivity contribution in [2.45, 2.75) is 38.5 Å². The number of aryl methyl sites for hydroxylation is 2. The molecule has 0 saturated heterocycles. The van der Waals surface area contributed by atoms with Crippen molar-refractivity contribution in [1.29, 1.82) is 0 Å². The zero-order valence-corrected chi connectivity index (χ0v) is 14.0. The summed E-state index contributed by atoms with van der Waals surface area (Å²) < 4.78 is 5.64. The first-order valence-electron chi connectivity index (χ1n) is 8.24. The zero-order valence-electron chi connectivity index (χ0n) is 14.0. The molecule has 0 amide bonds. The Bertz CT molecular complexity index is 745. The lowest BCUT2D eigenvalue weighted by Gasteiger charge is -2.28. The normalized spacial score (nSPS) is 17.8. The van der Waals surface area contributed by atoms with E-state index in [1.165, 1.54) is 0 Å². The van der Waals surface area contributed by atoms with Crippen molar-refractivity contribution in [3.63, 3.8) is 0 Å². The molecule has 0 saturated carbocycles. The van der Waals surface area contributed by atoms with Gasteiger partial charge in [0.15, 0.2) is 5.78 Å². The van der Waals surface area contributed by atoms with E-state index in [4.69, 9.17) is 10.4 Å². The summed E-state index contributed by atoms with van der Waals surface area (Å²) in [6.45, 7) is 3.94. The highest BCUT2D eigenvalue weighted by Gasteiger charge is 2.37. The third-order valence-electron chi connectivity index (χ3n) is 4.66. The van der Waals surface area contributed by atoms with E-state index in [1.54, 1.807) is 0 Å². The Morgan fingerprint density at radius 2 is 2.00 bits per heavy atom. The fourth-order valence-corrected chi connectivity index (χ4v) is 3.16. The highest BCUT2D eigenvalue weighted by Crippen LogP contribution is 2.36. The van der Waals surface area contributed by atoms with E-state index in [9.17, 15) is 9.82 Å². The Hall–Kier alpha value is -2.11. The first kappa shape index (κ1) is 16.7. The van der Waals surface area contributed by atoms with Crippen LogP contribution in [-0.2, 0) is 11.2 Å². The van der Waals surface area contributed by atoms with E-state index in [1.807, 2.05) is 56.3 Å². The first-order valence-corrected chi connectivity index (χ1v) is 8.24. The molecule has 24 heavy (non-hydrogen) atoms. The molecule has 0 aliphatic carbocycles. The molecule has 4 nitrogen and oxygen atoms in total. The van der Waals surface area contributed by atoms with Gasteiger partial charge in [-0.2, -0.15) is 0 Å². The molecule has 3 rings (SSSR count). The number of para-hydroxylation sites is 1. The van der Waals surface area contributed by atoms with Crippen LogP contribution in [-0.4, -0.2) is 17.9 Å². The van der Waals surface area contributed by atoms with Crippen molar-refractivity contribution in [3.05, 3.63) is 64.7 Å². The SMILES string of the molecule is Cc1ccc([C@H](N)C(=O)C[C@H]2Cc3cccc(C)c3OB2O)cc1. The van der Waals surface area contributed by atoms with Crippen molar-refractivity contribution in [3.8, 4) is 5.75 Å². The van der Waals surface area contributed by atoms with Gasteiger partial charge < -0.3 is 15.4 Å². The number of benzene rings is 2. The van der Waals surface area contributed by atoms with Gasteiger partial charge in [0.05, 0.1) is 6.04 Å². The summed E-state index contributed by atoms with van der Waals surface area (Å²) in [7, 11) is -0.979. The first-order chi connectivity index (χ1) is 11.5. The number of carbonyl (C=O) groups excluding carboxylic acids is 1. The van der Waals surface area contributed by atoms with Crippen molar-refractivity contribution in [1.82, 2.24) is 0 Å². The lowest BCUT2D eigenvalue weighted by atomic mass is 9.64. The molecule has 0 bridgehead atoms. The average molecular weight is 323 g/mol. The number of carbonyl (C=O) groups is 1. The van der Waals surface area contributed by atoms with Gasteiger partial charge in [0.1, 0.15) is 5.75 Å². The van der Waals surface area contributed by atoms with Crippen LogP contribution in [0.2, 0.25) is 5.82 Å². The molecule has 0 unspecified atom stereocenters. The topological polar surface area (TPSA) is 72.6 Å². The smallest absolute Gasteiger partial charge is 0.526 e. The summed E-state index contributed by atoms with van der Waals surface area (Å²) in [4.78, 5) is 12.5. The number of fused-ring (bicyclic) bond motifs is 1. The molecular weight excluding hydrogens is 301 g/mol. The van der Waals surface area contributed by atoms with Gasteiger partial charge in [-0.25, -0.2) is 0 Å². The third kappa shape index (κ3) is 3.37. The van der Waals surface area contributed by atoms with Gasteiger partial charge >= 0.3 is 7.12 Å². The molecule has 1 heterocycles. The van der Waals surface area contributed by atoms with Gasteiger partial charge in [-0.15, -0.1) is 0 Å². The summed E-state index contributed by atoms with van der Waals surface area (Å²) in [5.74, 6) is 0.377. The minimum Gasteiger partial charge on any atom is -0.536 e. The molecule has 1 aliphatic heterocycles. The van der Waals surface area contributed by atoms with Crippen molar-refractivity contribution >= 4 is 12.9 Å². The van der Waals surface area contributed by atoms with Gasteiger partial charge in [0, 0.05) is 12.2 Å². The van der Waals surface area contributed by atoms with Crippen LogP contribution in [0.5, 0.6) is 5.75 Å². The number of rotatable bonds is 4. The average Bonchev–Trinajstić information content (AvgIpc) is 2.56. The molecule has 0 fully saturated rings. The molecule has 124 valence electrons. The predicted molar refractivity (Wildman–Crippen MR) is 95.0 cm³/mol. The van der Waals surface area contributed by atoms with Crippen LogP contribution >= 0.6 is 0 Å². The maximum atomic E-state index is 12.5. The standard InChI is InChI=1S/C19H22BNO3/c1-12-6-8-14(9-7-12)18(21)17(22)11-16-10-15-5-3-4-13(2)19(15)24-20(16)23/h3-9,16,18,23H,10-11,21H2,1-2H3/t16-,18+/m1/s1. The fraction of sp³-hybridized carbons (Fsp3) is 0.316. The van der Waals surface area contributed by atoms with E-state index in [0.29, 0.717) is 6.42 Å². The molecule has 2 aromatic rings. The number of hydrogen-bond acceptors (Lipinski definition) is 4. The molecule has 5 heteroatoms. The Morgan fingerprint density at radius 1 is 1.29 bits per heavy atom. The second-order valence-corrected chi connectivity index (χ2v) is 6.59. The molecule has 3 N–H and O–H groups in total. The summed E-state index contributed by atoms with van der Waals surface area (Å²) in [5.41, 5.74) is 10.0. The van der Waals surface area contributed by atoms with E-state index < -0.39 is 13.2 Å². The Balaban J connectivity index is 1.71. The molecule has 2 aromatic carbocycles. The fourth-order valence-electron chi connectivity index (χ4n) is 3.16. The van der Waals surface area contributed by atoms with Gasteiger partial charge in [0.2, 0.25) is 0 Å². The molecule has 0 radical (unpaired) electrons. The minimum absolute atomic E-state index is 0.0809. The Kier molecular flexibility index (Phi) is 4.74. The quantitative estimate of drug-likeness (QED) is 0.849. The summed E-state index contributed by atoms with van der Waals surface area (Å²) in [6, 6.07) is 12.9. The van der Waals surface area contributed by atoms with E-state index in [-0.39, 0.29) is 18.0 Å². The zero-order chi connectivity index (χ0) is 17.3. The van der Waals surface area contributed by atoms with Crippen LogP contribution < -0.4 is 10.4 Å². The van der Waals surface area contributed by atoms with Crippen LogP contribution in [0.3, 0.4) is 0 Å². The molecular formula is C19H22BNO3. The van der Waals surface area contributed by atoms with Gasteiger partial charge in [0.25, 0.3) is 0 Å². The second kappa shape index (κ2) is 6.79. The van der Waals surface area contributed by atoms with Gasteiger partial charge in [-0.1, -0.05) is 48.0 Å². The molecule has 2 atom stereocenters. The number of nitrogens with two attached hydrogens (primary N) is 1. The van der Waals surface area contributed by atoms with Crippen molar-refractivity contribution < 1.29 is 14.5 Å². The summed E-state index contributed by atoms with van der Waals surface area (Å²) >= 11 is 0. The Morgan fingerprint density at radius 3 is 2.71 bits per heavy atom. The van der Waals surface area contributed by atoms with Crippen LogP contribution in [0, 0.1) is 13.8 Å². The van der Waals surface area contributed by atoms with Gasteiger partial charge in [-0.3, -0.25) is 4.79 Å². The summed E-state index contributed by atoms with van der Waals surface area (Å²) in [5, 5.41) is 10.3. The highest BCUT2D eigenvalue weighted by atomic mass is 16.5. The predicted octanol–water partition coefficient (Wildman–Crippen LogP) is 2.75. The lowest BCUT2D eigenvalue weighted by molar-refractivity contribution is -0.120. The van der Waals surface area contributed by atoms with Crippen LogP contribution in [0.1, 0.15) is 34.7 Å². The lowest BCUT2D eigenvalue weighted by Crippen LogP contribution is -2.36. The number of ketones is 1. The Labute approximate surface area is 142 Å². The van der Waals surface area contributed by atoms with Crippen LogP contribution in [0.25, 0.3) is 0 Å². The van der Waals surface area contributed by atoms with E-state index >= 15 is 0 Å². The number of Topliss-reactive ketones (excluding diaryl/α,β-unsaturated/α-hetero) is 1. The number of hydrogen-bond donors (Lipinski definition) is 2. The second-order valence-electron chi connectivity index (χ2n) is 6.59. The minimum atomic E-state index is -0.979. The van der Waals surface area contributed by atoms with Crippen LogP contribution in [0.15, 0.2) is 42.5 Å².